The van der Waals surface area contributed by atoms with Crippen LogP contribution in [0.4, 0.5) is 0 Å². The normalized spacial score (nSPS) is 12.1. The number of rotatable bonds is 7. The van der Waals surface area contributed by atoms with Crippen molar-refractivity contribution in [3.05, 3.63) is 52.0 Å². The molecule has 5 heteroatoms. The number of hydrogen-bond donors (Lipinski definition) is 2. The molecule has 1 aromatic carbocycles. The molecule has 4 nitrogen and oxygen atoms in total. The van der Waals surface area contributed by atoms with Gasteiger partial charge < -0.3 is 11.1 Å². The second-order valence-corrected chi connectivity index (χ2v) is 6.11. The Bertz CT molecular complexity index is 568. The first-order chi connectivity index (χ1) is 10.2. The topological polar surface area (TPSA) is 68.0 Å². The van der Waals surface area contributed by atoms with Crippen LogP contribution in [0, 0.1) is 0 Å². The zero-order chi connectivity index (χ0) is 15.1. The molecular weight excluding hydrogens is 282 g/mol. The standard InChI is InChI=1S/C16H21N3OS/c1-2-13-11-19-15(21-13)8-9-18-16(20)14(17)10-12-6-4-3-5-7-12/h3-7,11,14H,2,8-10,17H2,1H3,(H,18,20). The molecule has 1 heterocycles. The maximum atomic E-state index is 11.9. The first-order valence-electron chi connectivity index (χ1n) is 7.20. The summed E-state index contributed by atoms with van der Waals surface area (Å²) in [6.07, 6.45) is 4.23. The van der Waals surface area contributed by atoms with Crippen molar-refractivity contribution in [3.63, 3.8) is 0 Å². The molecule has 1 amide bonds. The largest absolute Gasteiger partial charge is 0.354 e. The lowest BCUT2D eigenvalue weighted by atomic mass is 10.1. The summed E-state index contributed by atoms with van der Waals surface area (Å²) in [5.41, 5.74) is 7.01. The Morgan fingerprint density at radius 2 is 2.14 bits per heavy atom. The lowest BCUT2D eigenvalue weighted by molar-refractivity contribution is -0.122. The van der Waals surface area contributed by atoms with Crippen LogP contribution < -0.4 is 11.1 Å². The van der Waals surface area contributed by atoms with Crippen molar-refractivity contribution in [2.24, 2.45) is 5.73 Å². The van der Waals surface area contributed by atoms with Gasteiger partial charge in [0.2, 0.25) is 5.91 Å². The van der Waals surface area contributed by atoms with E-state index in [-0.39, 0.29) is 5.91 Å². The summed E-state index contributed by atoms with van der Waals surface area (Å²) >= 11 is 1.70. The molecular formula is C16H21N3OS. The van der Waals surface area contributed by atoms with Gasteiger partial charge in [0.25, 0.3) is 0 Å². The van der Waals surface area contributed by atoms with E-state index in [1.807, 2.05) is 36.5 Å². The number of carbonyl (C=O) groups excluding carboxylic acids is 1. The van der Waals surface area contributed by atoms with Crippen molar-refractivity contribution in [2.75, 3.05) is 6.54 Å². The molecule has 3 N–H and O–H groups in total. The maximum Gasteiger partial charge on any atom is 0.237 e. The minimum Gasteiger partial charge on any atom is -0.354 e. The van der Waals surface area contributed by atoms with Crippen molar-refractivity contribution >= 4 is 17.2 Å². The van der Waals surface area contributed by atoms with E-state index in [4.69, 9.17) is 5.73 Å². The summed E-state index contributed by atoms with van der Waals surface area (Å²) in [5.74, 6) is -0.105. The average Bonchev–Trinajstić information content (AvgIpc) is 2.96. The summed E-state index contributed by atoms with van der Waals surface area (Å²) in [6, 6.07) is 9.31. The van der Waals surface area contributed by atoms with E-state index in [1.165, 1.54) is 4.88 Å². The Morgan fingerprint density at radius 3 is 2.81 bits per heavy atom. The summed E-state index contributed by atoms with van der Waals surface area (Å²) in [7, 11) is 0. The van der Waals surface area contributed by atoms with Gasteiger partial charge in [-0.2, -0.15) is 0 Å². The van der Waals surface area contributed by atoms with Crippen molar-refractivity contribution in [3.8, 4) is 0 Å². The van der Waals surface area contributed by atoms with Gasteiger partial charge in [-0.05, 0) is 18.4 Å². The van der Waals surface area contributed by atoms with E-state index < -0.39 is 6.04 Å². The fourth-order valence-electron chi connectivity index (χ4n) is 2.01. The monoisotopic (exact) mass is 303 g/mol. The van der Waals surface area contributed by atoms with Crippen molar-refractivity contribution in [1.29, 1.82) is 0 Å². The van der Waals surface area contributed by atoms with Gasteiger partial charge in [-0.15, -0.1) is 11.3 Å². The van der Waals surface area contributed by atoms with Crippen molar-refractivity contribution in [1.82, 2.24) is 10.3 Å². The summed E-state index contributed by atoms with van der Waals surface area (Å²) in [4.78, 5) is 17.6. The molecule has 0 aliphatic rings. The minimum absolute atomic E-state index is 0.105. The van der Waals surface area contributed by atoms with Crippen LogP contribution in [0.2, 0.25) is 0 Å². The number of thiazole rings is 1. The van der Waals surface area contributed by atoms with Crippen LogP contribution in [0.15, 0.2) is 36.5 Å². The summed E-state index contributed by atoms with van der Waals surface area (Å²) < 4.78 is 0. The highest BCUT2D eigenvalue weighted by Gasteiger charge is 2.13. The van der Waals surface area contributed by atoms with Crippen LogP contribution in [0.5, 0.6) is 0 Å². The number of nitrogens with one attached hydrogen (secondary N) is 1. The Balaban J connectivity index is 1.73. The van der Waals surface area contributed by atoms with Crippen molar-refractivity contribution < 1.29 is 4.79 Å². The first-order valence-corrected chi connectivity index (χ1v) is 8.01. The molecule has 0 spiro atoms. The van der Waals surface area contributed by atoms with E-state index in [2.05, 4.69) is 17.2 Å². The third-order valence-electron chi connectivity index (χ3n) is 3.22. The molecule has 0 radical (unpaired) electrons. The first kappa shape index (κ1) is 15.7. The maximum absolute atomic E-state index is 11.9. The van der Waals surface area contributed by atoms with Gasteiger partial charge in [-0.25, -0.2) is 4.98 Å². The van der Waals surface area contributed by atoms with Crippen LogP contribution in [0.3, 0.4) is 0 Å². The molecule has 2 rings (SSSR count). The lowest BCUT2D eigenvalue weighted by Gasteiger charge is -2.11. The fourth-order valence-corrected chi connectivity index (χ4v) is 2.87. The number of hydrogen-bond acceptors (Lipinski definition) is 4. The van der Waals surface area contributed by atoms with Crippen molar-refractivity contribution in [2.45, 2.75) is 32.2 Å². The summed E-state index contributed by atoms with van der Waals surface area (Å²) in [6.45, 7) is 2.69. The Morgan fingerprint density at radius 1 is 1.38 bits per heavy atom. The summed E-state index contributed by atoms with van der Waals surface area (Å²) in [5, 5.41) is 3.94. The van der Waals surface area contributed by atoms with Gasteiger partial charge in [0.1, 0.15) is 0 Å². The molecule has 0 aliphatic heterocycles. The predicted octanol–water partition coefficient (Wildman–Crippen LogP) is 1.93. The van der Waals surface area contributed by atoms with Gasteiger partial charge in [0.05, 0.1) is 11.0 Å². The van der Waals surface area contributed by atoms with E-state index in [1.54, 1.807) is 11.3 Å². The van der Waals surface area contributed by atoms with E-state index in [9.17, 15) is 4.79 Å². The lowest BCUT2D eigenvalue weighted by Crippen LogP contribution is -2.42. The zero-order valence-corrected chi connectivity index (χ0v) is 13.0. The highest BCUT2D eigenvalue weighted by atomic mass is 32.1. The molecule has 21 heavy (non-hydrogen) atoms. The Hall–Kier alpha value is -1.72. The number of amides is 1. The molecule has 1 atom stereocenters. The minimum atomic E-state index is -0.505. The SMILES string of the molecule is CCc1cnc(CCNC(=O)C(N)Cc2ccccc2)s1. The van der Waals surface area contributed by atoms with Gasteiger partial charge in [-0.3, -0.25) is 4.79 Å². The number of aromatic nitrogens is 1. The highest BCUT2D eigenvalue weighted by Crippen LogP contribution is 2.13. The van der Waals surface area contributed by atoms with Crippen LogP contribution in [0.1, 0.15) is 22.4 Å². The second kappa shape index (κ2) is 7.90. The Kier molecular flexibility index (Phi) is 5.90. The van der Waals surface area contributed by atoms with Gasteiger partial charge >= 0.3 is 0 Å². The van der Waals surface area contributed by atoms with Gasteiger partial charge in [0.15, 0.2) is 0 Å². The van der Waals surface area contributed by atoms with Crippen LogP contribution in [-0.4, -0.2) is 23.5 Å². The number of benzene rings is 1. The molecule has 1 unspecified atom stereocenters. The molecule has 0 aliphatic carbocycles. The van der Waals surface area contributed by atoms with E-state index in [0.29, 0.717) is 13.0 Å². The molecule has 2 aromatic rings. The van der Waals surface area contributed by atoms with Gasteiger partial charge in [0, 0.05) is 24.0 Å². The van der Waals surface area contributed by atoms with Crippen LogP contribution in [-0.2, 0) is 24.1 Å². The second-order valence-electron chi connectivity index (χ2n) is 4.91. The van der Waals surface area contributed by atoms with Crippen LogP contribution >= 0.6 is 11.3 Å². The molecule has 0 saturated carbocycles. The molecule has 0 bridgehead atoms. The third-order valence-corrected chi connectivity index (χ3v) is 4.42. The zero-order valence-electron chi connectivity index (χ0n) is 12.2. The van der Waals surface area contributed by atoms with Gasteiger partial charge in [-0.1, -0.05) is 37.3 Å². The fraction of sp³-hybridized carbons (Fsp3) is 0.375. The molecule has 0 fully saturated rings. The predicted molar refractivity (Wildman–Crippen MR) is 86.3 cm³/mol. The van der Waals surface area contributed by atoms with E-state index >= 15 is 0 Å². The third kappa shape index (κ3) is 4.95. The molecule has 112 valence electrons. The average molecular weight is 303 g/mol. The number of aryl methyl sites for hydroxylation is 1. The number of nitrogens with two attached hydrogens (primary N) is 1. The molecule has 1 aromatic heterocycles. The molecule has 0 saturated heterocycles. The Labute approximate surface area is 129 Å². The number of nitrogens with zero attached hydrogens (tertiary/aromatic N) is 1. The number of carbonyl (C=O) groups is 1. The highest BCUT2D eigenvalue weighted by molar-refractivity contribution is 7.11. The van der Waals surface area contributed by atoms with E-state index in [0.717, 1.165) is 23.4 Å². The quantitative estimate of drug-likeness (QED) is 0.821. The van der Waals surface area contributed by atoms with Crippen LogP contribution in [0.25, 0.3) is 0 Å². The smallest absolute Gasteiger partial charge is 0.237 e.